The molecule has 7 nitrogen and oxygen atoms in total. The van der Waals surface area contributed by atoms with Crippen LogP contribution in [0.2, 0.25) is 0 Å². The Kier molecular flexibility index (Phi) is 4.85. The highest BCUT2D eigenvalue weighted by Crippen LogP contribution is 2.28. The van der Waals surface area contributed by atoms with Crippen molar-refractivity contribution in [3.8, 4) is 6.07 Å². The summed E-state index contributed by atoms with van der Waals surface area (Å²) in [6.45, 7) is 2.11. The van der Waals surface area contributed by atoms with E-state index in [4.69, 9.17) is 10.00 Å². The molecule has 0 saturated heterocycles. The van der Waals surface area contributed by atoms with Crippen molar-refractivity contribution in [2.45, 2.75) is 19.3 Å². The lowest BCUT2D eigenvalue weighted by Crippen LogP contribution is -2.09. The molecule has 1 aromatic heterocycles. The summed E-state index contributed by atoms with van der Waals surface area (Å²) < 4.78 is 5.49. The van der Waals surface area contributed by atoms with E-state index in [1.54, 1.807) is 0 Å². The van der Waals surface area contributed by atoms with Crippen molar-refractivity contribution in [1.29, 1.82) is 5.26 Å². The molecule has 1 N–H and O–H groups in total. The lowest BCUT2D eigenvalue weighted by atomic mass is 10.2. The van der Waals surface area contributed by atoms with Crippen LogP contribution < -0.4 is 5.32 Å². The molecule has 0 aromatic carbocycles. The van der Waals surface area contributed by atoms with Gasteiger partial charge in [-0.1, -0.05) is 0 Å². The van der Waals surface area contributed by atoms with Crippen molar-refractivity contribution in [3.63, 3.8) is 0 Å². The molecule has 1 aromatic rings. The topological polar surface area (TPSA) is 101 Å². The number of nitrogens with one attached hydrogen (secondary N) is 1. The normalized spacial score (nSPS) is 13.8. The number of nitrogens with zero attached hydrogens (tertiary/aromatic N) is 3. The van der Waals surface area contributed by atoms with Crippen molar-refractivity contribution in [1.82, 2.24) is 4.98 Å². The lowest BCUT2D eigenvalue weighted by Gasteiger charge is -2.07. The minimum atomic E-state index is -0.566. The second kappa shape index (κ2) is 6.82. The molecule has 106 valence electrons. The van der Waals surface area contributed by atoms with Crippen LogP contribution in [0.15, 0.2) is 12.3 Å². The predicted octanol–water partition coefficient (Wildman–Crippen LogP) is 2.09. The average Bonchev–Trinajstić information content (AvgIpc) is 3.26. The summed E-state index contributed by atoms with van der Waals surface area (Å²) in [6.07, 6.45) is 4.50. The number of aromatic nitrogens is 1. The van der Waals surface area contributed by atoms with Crippen molar-refractivity contribution in [3.05, 3.63) is 27.9 Å². The average molecular weight is 276 g/mol. The summed E-state index contributed by atoms with van der Waals surface area (Å²) in [5.74, 6) is 1.13. The summed E-state index contributed by atoms with van der Waals surface area (Å²) in [6, 6.07) is 3.13. The molecular weight excluding hydrogens is 260 g/mol. The van der Waals surface area contributed by atoms with Gasteiger partial charge in [0.25, 0.3) is 5.69 Å². The maximum Gasteiger partial charge on any atom is 0.289 e. The van der Waals surface area contributed by atoms with E-state index in [-0.39, 0.29) is 11.3 Å². The molecule has 1 saturated carbocycles. The molecule has 0 amide bonds. The molecule has 0 radical (unpaired) electrons. The standard InChI is InChI=1S/C13H16N4O3/c14-7-11-6-12(17(18)19)8-16-13(11)15-4-1-5-20-9-10-2-3-10/h6,8,10H,1-5,9H2,(H,15,16). The number of anilines is 1. The number of ether oxygens (including phenoxy) is 1. The predicted molar refractivity (Wildman–Crippen MR) is 72.3 cm³/mol. The maximum atomic E-state index is 10.6. The van der Waals surface area contributed by atoms with Gasteiger partial charge in [-0.15, -0.1) is 0 Å². The first-order valence-corrected chi connectivity index (χ1v) is 6.57. The van der Waals surface area contributed by atoms with E-state index in [0.29, 0.717) is 19.0 Å². The molecule has 0 spiro atoms. The van der Waals surface area contributed by atoms with Gasteiger partial charge in [0.1, 0.15) is 23.6 Å². The van der Waals surface area contributed by atoms with Gasteiger partial charge in [0.05, 0.1) is 4.92 Å². The number of hydrogen-bond acceptors (Lipinski definition) is 6. The monoisotopic (exact) mass is 276 g/mol. The Morgan fingerprint density at radius 2 is 2.40 bits per heavy atom. The summed E-state index contributed by atoms with van der Waals surface area (Å²) in [7, 11) is 0. The van der Waals surface area contributed by atoms with E-state index in [1.807, 2.05) is 6.07 Å². The van der Waals surface area contributed by atoms with E-state index in [9.17, 15) is 10.1 Å². The fraction of sp³-hybridized carbons (Fsp3) is 0.538. The Morgan fingerprint density at radius 1 is 1.60 bits per heavy atom. The first kappa shape index (κ1) is 14.2. The Morgan fingerprint density at radius 3 is 3.05 bits per heavy atom. The zero-order valence-electron chi connectivity index (χ0n) is 11.0. The van der Waals surface area contributed by atoms with E-state index < -0.39 is 4.92 Å². The Bertz CT molecular complexity index is 523. The largest absolute Gasteiger partial charge is 0.381 e. The Balaban J connectivity index is 1.76. The van der Waals surface area contributed by atoms with Crippen LogP contribution in [0, 0.1) is 27.4 Å². The number of nitro groups is 1. The summed E-state index contributed by atoms with van der Waals surface area (Å²) >= 11 is 0. The SMILES string of the molecule is N#Cc1cc([N+](=O)[O-])cnc1NCCCOCC1CC1. The molecule has 2 rings (SSSR count). The number of rotatable bonds is 8. The second-order valence-electron chi connectivity index (χ2n) is 4.76. The van der Waals surface area contributed by atoms with Crippen molar-refractivity contribution < 1.29 is 9.66 Å². The van der Waals surface area contributed by atoms with Crippen LogP contribution in [0.1, 0.15) is 24.8 Å². The number of hydrogen-bond donors (Lipinski definition) is 1. The van der Waals surface area contributed by atoms with Gasteiger partial charge in [-0.05, 0) is 25.2 Å². The van der Waals surface area contributed by atoms with Gasteiger partial charge in [-0.3, -0.25) is 10.1 Å². The maximum absolute atomic E-state index is 10.6. The van der Waals surface area contributed by atoms with Gasteiger partial charge in [0, 0.05) is 25.8 Å². The van der Waals surface area contributed by atoms with Gasteiger partial charge >= 0.3 is 0 Å². The molecule has 0 atom stereocenters. The van der Waals surface area contributed by atoms with Crippen LogP contribution in [-0.4, -0.2) is 29.7 Å². The van der Waals surface area contributed by atoms with Gasteiger partial charge in [0.2, 0.25) is 0 Å². The van der Waals surface area contributed by atoms with Crippen molar-refractivity contribution in [2.75, 3.05) is 25.1 Å². The third kappa shape index (κ3) is 4.17. The quantitative estimate of drug-likeness (QED) is 0.443. The first-order chi connectivity index (χ1) is 9.70. The summed E-state index contributed by atoms with van der Waals surface area (Å²) in [5.41, 5.74) is -0.00188. The molecular formula is C13H16N4O3. The van der Waals surface area contributed by atoms with Gasteiger partial charge in [0.15, 0.2) is 0 Å². The second-order valence-corrected chi connectivity index (χ2v) is 4.76. The van der Waals surface area contributed by atoms with E-state index >= 15 is 0 Å². The molecule has 1 aliphatic rings. The van der Waals surface area contributed by atoms with Crippen LogP contribution in [0.5, 0.6) is 0 Å². The van der Waals surface area contributed by atoms with E-state index in [0.717, 1.165) is 25.1 Å². The fourth-order valence-electron chi connectivity index (χ4n) is 1.70. The molecule has 7 heteroatoms. The van der Waals surface area contributed by atoms with Crippen molar-refractivity contribution in [2.24, 2.45) is 5.92 Å². The zero-order valence-corrected chi connectivity index (χ0v) is 11.0. The molecule has 20 heavy (non-hydrogen) atoms. The molecule has 0 aliphatic heterocycles. The van der Waals surface area contributed by atoms with Gasteiger partial charge in [-0.2, -0.15) is 5.26 Å². The fourth-order valence-corrected chi connectivity index (χ4v) is 1.70. The van der Waals surface area contributed by atoms with E-state index in [2.05, 4.69) is 10.3 Å². The van der Waals surface area contributed by atoms with Crippen molar-refractivity contribution >= 4 is 11.5 Å². The third-order valence-corrected chi connectivity index (χ3v) is 3.01. The van der Waals surface area contributed by atoms with Gasteiger partial charge < -0.3 is 10.1 Å². The molecule has 0 bridgehead atoms. The highest BCUT2D eigenvalue weighted by atomic mass is 16.6. The minimum absolute atomic E-state index is 0.179. The zero-order chi connectivity index (χ0) is 14.4. The number of pyridine rings is 1. The Hall–Kier alpha value is -2.20. The smallest absolute Gasteiger partial charge is 0.289 e. The van der Waals surface area contributed by atoms with Crippen LogP contribution >= 0.6 is 0 Å². The van der Waals surface area contributed by atoms with Crippen LogP contribution in [0.25, 0.3) is 0 Å². The minimum Gasteiger partial charge on any atom is -0.381 e. The van der Waals surface area contributed by atoms with Gasteiger partial charge in [-0.25, -0.2) is 4.98 Å². The van der Waals surface area contributed by atoms with Crippen LogP contribution in [-0.2, 0) is 4.74 Å². The lowest BCUT2D eigenvalue weighted by molar-refractivity contribution is -0.385. The molecule has 1 fully saturated rings. The van der Waals surface area contributed by atoms with E-state index in [1.165, 1.54) is 18.9 Å². The molecule has 0 unspecified atom stereocenters. The highest BCUT2D eigenvalue weighted by Gasteiger charge is 2.20. The van der Waals surface area contributed by atoms with Crippen LogP contribution in [0.4, 0.5) is 11.5 Å². The number of nitriles is 1. The Labute approximate surface area is 116 Å². The molecule has 1 aliphatic carbocycles. The summed E-state index contributed by atoms with van der Waals surface area (Å²) in [4.78, 5) is 13.9. The first-order valence-electron chi connectivity index (χ1n) is 6.57. The summed E-state index contributed by atoms with van der Waals surface area (Å²) in [5, 5.41) is 22.5. The third-order valence-electron chi connectivity index (χ3n) is 3.01. The molecule has 1 heterocycles. The van der Waals surface area contributed by atoms with Crippen LogP contribution in [0.3, 0.4) is 0 Å². The highest BCUT2D eigenvalue weighted by molar-refractivity contribution is 5.55.